The number of hydrogen-bond donors (Lipinski definition) is 2. The van der Waals surface area contributed by atoms with Crippen LogP contribution in [0.3, 0.4) is 0 Å². The second kappa shape index (κ2) is 11.8. The molecule has 31 heavy (non-hydrogen) atoms. The van der Waals surface area contributed by atoms with Gasteiger partial charge in [0, 0.05) is 38.8 Å². The van der Waals surface area contributed by atoms with Crippen molar-refractivity contribution in [3.63, 3.8) is 0 Å². The SMILES string of the molecule is CN=C(NCCS(=O)(=O)c1ccccc1F)NC1CC(C)N(Cc2ccccc2)C1.I. The van der Waals surface area contributed by atoms with E-state index >= 15 is 0 Å². The van der Waals surface area contributed by atoms with E-state index in [4.69, 9.17) is 0 Å². The lowest BCUT2D eigenvalue weighted by Gasteiger charge is -2.21. The maximum Gasteiger partial charge on any atom is 0.191 e. The molecule has 0 amide bonds. The molecule has 1 saturated heterocycles. The largest absolute Gasteiger partial charge is 0.355 e. The minimum absolute atomic E-state index is 0. The molecule has 1 aliphatic rings. The van der Waals surface area contributed by atoms with Crippen LogP contribution in [0.1, 0.15) is 18.9 Å². The summed E-state index contributed by atoms with van der Waals surface area (Å²) in [7, 11) is -2.05. The number of likely N-dealkylation sites (tertiary alicyclic amines) is 1. The molecule has 0 bridgehead atoms. The number of hydrogen-bond acceptors (Lipinski definition) is 4. The van der Waals surface area contributed by atoms with Gasteiger partial charge in [0.25, 0.3) is 0 Å². The average molecular weight is 560 g/mol. The van der Waals surface area contributed by atoms with E-state index in [1.165, 1.54) is 23.8 Å². The van der Waals surface area contributed by atoms with Crippen molar-refractivity contribution in [3.05, 3.63) is 66.0 Å². The summed E-state index contributed by atoms with van der Waals surface area (Å²) >= 11 is 0. The van der Waals surface area contributed by atoms with Gasteiger partial charge >= 0.3 is 0 Å². The third-order valence-corrected chi connectivity index (χ3v) is 7.07. The van der Waals surface area contributed by atoms with E-state index in [0.29, 0.717) is 12.0 Å². The molecule has 1 fully saturated rings. The number of benzene rings is 2. The van der Waals surface area contributed by atoms with Gasteiger partial charge < -0.3 is 10.6 Å². The van der Waals surface area contributed by atoms with Crippen LogP contribution in [0.25, 0.3) is 0 Å². The fraction of sp³-hybridized carbons (Fsp3) is 0.409. The molecule has 1 aliphatic heterocycles. The van der Waals surface area contributed by atoms with E-state index < -0.39 is 15.7 Å². The molecule has 0 spiro atoms. The van der Waals surface area contributed by atoms with E-state index in [-0.39, 0.29) is 47.2 Å². The number of rotatable bonds is 7. The van der Waals surface area contributed by atoms with Crippen LogP contribution >= 0.6 is 24.0 Å². The molecule has 2 aromatic rings. The zero-order chi connectivity index (χ0) is 21.6. The van der Waals surface area contributed by atoms with Gasteiger partial charge in [0.05, 0.1) is 5.75 Å². The summed E-state index contributed by atoms with van der Waals surface area (Å²) < 4.78 is 38.6. The Morgan fingerprint density at radius 1 is 1.16 bits per heavy atom. The Kier molecular flexibility index (Phi) is 9.70. The predicted octanol–water partition coefficient (Wildman–Crippen LogP) is 3.05. The van der Waals surface area contributed by atoms with E-state index in [0.717, 1.165) is 25.6 Å². The zero-order valence-electron chi connectivity index (χ0n) is 17.8. The first-order chi connectivity index (χ1) is 14.4. The molecule has 170 valence electrons. The van der Waals surface area contributed by atoms with Gasteiger partial charge in [-0.05, 0) is 31.0 Å². The second-order valence-electron chi connectivity index (χ2n) is 7.59. The molecule has 2 aromatic carbocycles. The molecule has 0 radical (unpaired) electrons. The Hall–Kier alpha value is -1.72. The van der Waals surface area contributed by atoms with Crippen LogP contribution in [0.2, 0.25) is 0 Å². The number of sulfone groups is 1. The number of halogens is 2. The second-order valence-corrected chi connectivity index (χ2v) is 9.67. The van der Waals surface area contributed by atoms with Gasteiger partial charge in [0.2, 0.25) is 0 Å². The summed E-state index contributed by atoms with van der Waals surface area (Å²) in [6.07, 6.45) is 0.973. The monoisotopic (exact) mass is 560 g/mol. The third-order valence-electron chi connectivity index (χ3n) is 5.33. The van der Waals surface area contributed by atoms with Crippen molar-refractivity contribution in [3.8, 4) is 0 Å². The van der Waals surface area contributed by atoms with Crippen molar-refractivity contribution in [2.45, 2.75) is 36.9 Å². The molecule has 2 unspecified atom stereocenters. The maximum absolute atomic E-state index is 13.8. The van der Waals surface area contributed by atoms with E-state index in [1.54, 1.807) is 7.05 Å². The molecule has 2 atom stereocenters. The summed E-state index contributed by atoms with van der Waals surface area (Å²) in [6, 6.07) is 16.5. The Morgan fingerprint density at radius 3 is 2.52 bits per heavy atom. The van der Waals surface area contributed by atoms with Crippen LogP contribution in [-0.2, 0) is 16.4 Å². The fourth-order valence-corrected chi connectivity index (χ4v) is 4.98. The van der Waals surface area contributed by atoms with E-state index in [1.807, 2.05) is 18.2 Å². The summed E-state index contributed by atoms with van der Waals surface area (Å²) in [5, 5.41) is 6.42. The van der Waals surface area contributed by atoms with Crippen molar-refractivity contribution in [1.29, 1.82) is 0 Å². The molecular weight excluding hydrogens is 530 g/mol. The molecule has 1 heterocycles. The highest BCUT2D eigenvalue weighted by atomic mass is 127. The van der Waals surface area contributed by atoms with Crippen molar-refractivity contribution in [2.75, 3.05) is 25.9 Å². The van der Waals surface area contributed by atoms with Gasteiger partial charge in [0.1, 0.15) is 10.7 Å². The zero-order valence-corrected chi connectivity index (χ0v) is 20.9. The average Bonchev–Trinajstić information content (AvgIpc) is 3.06. The molecule has 3 rings (SSSR count). The Labute approximate surface area is 201 Å². The number of aliphatic imine (C=N–C) groups is 1. The third kappa shape index (κ3) is 7.15. The number of nitrogens with zero attached hydrogens (tertiary/aromatic N) is 2. The fourth-order valence-electron chi connectivity index (χ4n) is 3.74. The molecule has 0 saturated carbocycles. The smallest absolute Gasteiger partial charge is 0.191 e. The minimum Gasteiger partial charge on any atom is -0.355 e. The van der Waals surface area contributed by atoms with E-state index in [2.05, 4.69) is 39.6 Å². The van der Waals surface area contributed by atoms with Gasteiger partial charge in [-0.3, -0.25) is 9.89 Å². The van der Waals surface area contributed by atoms with Crippen molar-refractivity contribution < 1.29 is 12.8 Å². The summed E-state index contributed by atoms with van der Waals surface area (Å²) in [5.41, 5.74) is 1.28. The van der Waals surface area contributed by atoms with Crippen LogP contribution in [0.15, 0.2) is 64.5 Å². The lowest BCUT2D eigenvalue weighted by molar-refractivity contribution is 0.258. The summed E-state index contributed by atoms with van der Waals surface area (Å²) in [6.45, 7) is 4.13. The highest BCUT2D eigenvalue weighted by molar-refractivity contribution is 14.0. The number of nitrogens with one attached hydrogen (secondary N) is 2. The maximum atomic E-state index is 13.8. The predicted molar refractivity (Wildman–Crippen MR) is 133 cm³/mol. The van der Waals surface area contributed by atoms with Gasteiger partial charge in [0.15, 0.2) is 15.8 Å². The number of guanidine groups is 1. The van der Waals surface area contributed by atoms with Gasteiger partial charge in [-0.15, -0.1) is 24.0 Å². The van der Waals surface area contributed by atoms with Crippen LogP contribution in [0.4, 0.5) is 4.39 Å². The standard InChI is InChI=1S/C22H29FN4O2S.HI/c1-17-14-19(16-27(17)15-18-8-4-3-5-9-18)26-22(24-2)25-12-13-30(28,29)21-11-7-6-10-20(21)23;/h3-11,17,19H,12-16H2,1-2H3,(H2,24,25,26);1H. The quantitative estimate of drug-likeness (QED) is 0.310. The first-order valence-electron chi connectivity index (χ1n) is 10.1. The molecule has 0 aliphatic carbocycles. The lowest BCUT2D eigenvalue weighted by atomic mass is 10.2. The Bertz CT molecular complexity index is 972. The molecule has 9 heteroatoms. The van der Waals surface area contributed by atoms with Crippen molar-refractivity contribution in [2.24, 2.45) is 4.99 Å². The summed E-state index contributed by atoms with van der Waals surface area (Å²) in [5.74, 6) is -0.383. The van der Waals surface area contributed by atoms with Crippen LogP contribution in [0.5, 0.6) is 0 Å². The Balaban J connectivity index is 0.00000341. The molecule has 2 N–H and O–H groups in total. The van der Waals surface area contributed by atoms with Crippen LogP contribution in [-0.4, -0.2) is 57.3 Å². The molecule has 0 aromatic heterocycles. The van der Waals surface area contributed by atoms with E-state index in [9.17, 15) is 12.8 Å². The minimum atomic E-state index is -3.70. The topological polar surface area (TPSA) is 73.8 Å². The highest BCUT2D eigenvalue weighted by Crippen LogP contribution is 2.20. The first kappa shape index (κ1) is 25.5. The van der Waals surface area contributed by atoms with Gasteiger partial charge in [-0.25, -0.2) is 12.8 Å². The first-order valence-corrected chi connectivity index (χ1v) is 11.8. The normalized spacial score (nSPS) is 19.6. The van der Waals surface area contributed by atoms with Crippen LogP contribution < -0.4 is 10.6 Å². The summed E-state index contributed by atoms with van der Waals surface area (Å²) in [4.78, 5) is 6.35. The lowest BCUT2D eigenvalue weighted by Crippen LogP contribution is -2.45. The van der Waals surface area contributed by atoms with Gasteiger partial charge in [-0.2, -0.15) is 0 Å². The molecular formula is C22H30FIN4O2S. The van der Waals surface area contributed by atoms with Crippen molar-refractivity contribution in [1.82, 2.24) is 15.5 Å². The van der Waals surface area contributed by atoms with Crippen molar-refractivity contribution >= 4 is 39.8 Å². The van der Waals surface area contributed by atoms with Crippen LogP contribution in [0, 0.1) is 5.82 Å². The Morgan fingerprint density at radius 2 is 1.84 bits per heavy atom. The molecule has 6 nitrogen and oxygen atoms in total. The highest BCUT2D eigenvalue weighted by Gasteiger charge is 2.29. The van der Waals surface area contributed by atoms with Gasteiger partial charge in [-0.1, -0.05) is 42.5 Å².